The van der Waals surface area contributed by atoms with E-state index in [4.69, 9.17) is 4.99 Å². The van der Waals surface area contributed by atoms with Gasteiger partial charge in [-0.3, -0.25) is 9.69 Å². The first kappa shape index (κ1) is 26.0. The van der Waals surface area contributed by atoms with E-state index in [1.54, 1.807) is 6.20 Å². The Morgan fingerprint density at radius 2 is 1.91 bits per heavy atom. The standard InChI is InChI=1S/C22H33N7O2.HI/c1-4-20(18-9-7-6-8-10-18)27-11-13-28(14-12-27)22(23-5-2)24-15-19-16-29(26-25-19)17-21(30)31-3;/h6-10,16,20H,4-5,11-15,17H2,1-3H3,(H,23,24);1H. The molecule has 0 radical (unpaired) electrons. The molecule has 0 aliphatic carbocycles. The Kier molecular flexibility index (Phi) is 10.9. The summed E-state index contributed by atoms with van der Waals surface area (Å²) in [6, 6.07) is 11.2. The van der Waals surface area contributed by atoms with E-state index in [1.807, 2.05) is 0 Å². The molecule has 32 heavy (non-hydrogen) atoms. The van der Waals surface area contributed by atoms with Crippen LogP contribution in [0.3, 0.4) is 0 Å². The monoisotopic (exact) mass is 555 g/mol. The first-order chi connectivity index (χ1) is 15.1. The van der Waals surface area contributed by atoms with Crippen LogP contribution in [0.4, 0.5) is 0 Å². The van der Waals surface area contributed by atoms with Crippen molar-refractivity contribution in [3.8, 4) is 0 Å². The molecule has 3 rings (SSSR count). The summed E-state index contributed by atoms with van der Waals surface area (Å²) < 4.78 is 6.13. The molecular formula is C22H34IN7O2. The van der Waals surface area contributed by atoms with Crippen molar-refractivity contribution < 1.29 is 9.53 Å². The summed E-state index contributed by atoms with van der Waals surface area (Å²) in [5.74, 6) is 0.532. The van der Waals surface area contributed by atoms with Gasteiger partial charge in [-0.25, -0.2) is 9.67 Å². The largest absolute Gasteiger partial charge is 0.468 e. The van der Waals surface area contributed by atoms with Gasteiger partial charge in [-0.05, 0) is 18.9 Å². The van der Waals surface area contributed by atoms with E-state index in [2.05, 4.69) is 74.3 Å². The second kappa shape index (κ2) is 13.4. The predicted molar refractivity (Wildman–Crippen MR) is 135 cm³/mol. The molecule has 1 aromatic heterocycles. The number of rotatable bonds is 8. The number of methoxy groups -OCH3 is 1. The molecule has 1 N–H and O–H groups in total. The molecule has 1 unspecified atom stereocenters. The van der Waals surface area contributed by atoms with Crippen molar-refractivity contribution in [1.29, 1.82) is 0 Å². The van der Waals surface area contributed by atoms with Crippen molar-refractivity contribution in [1.82, 2.24) is 30.1 Å². The van der Waals surface area contributed by atoms with Crippen molar-refractivity contribution in [2.75, 3.05) is 39.8 Å². The minimum atomic E-state index is -0.355. The van der Waals surface area contributed by atoms with Crippen LogP contribution in [0.1, 0.15) is 37.6 Å². The quantitative estimate of drug-likeness (QED) is 0.232. The molecule has 1 aliphatic rings. The van der Waals surface area contributed by atoms with Gasteiger partial charge in [0.1, 0.15) is 12.2 Å². The number of carbonyl (C=O) groups is 1. The maximum Gasteiger partial charge on any atom is 0.327 e. The van der Waals surface area contributed by atoms with E-state index >= 15 is 0 Å². The van der Waals surface area contributed by atoms with Gasteiger partial charge in [0.15, 0.2) is 5.96 Å². The third-order valence-electron chi connectivity index (χ3n) is 5.46. The van der Waals surface area contributed by atoms with Crippen molar-refractivity contribution >= 4 is 35.9 Å². The Morgan fingerprint density at radius 3 is 2.53 bits per heavy atom. The highest BCUT2D eigenvalue weighted by atomic mass is 127. The van der Waals surface area contributed by atoms with Gasteiger partial charge >= 0.3 is 5.97 Å². The number of benzene rings is 1. The smallest absolute Gasteiger partial charge is 0.327 e. The van der Waals surface area contributed by atoms with Gasteiger partial charge in [0.05, 0.1) is 19.9 Å². The summed E-state index contributed by atoms with van der Waals surface area (Å²) in [6.07, 6.45) is 2.83. The summed E-state index contributed by atoms with van der Waals surface area (Å²) in [6.45, 7) is 9.41. The summed E-state index contributed by atoms with van der Waals surface area (Å²) in [5.41, 5.74) is 2.10. The van der Waals surface area contributed by atoms with Crippen molar-refractivity contribution in [2.45, 2.75) is 39.4 Å². The van der Waals surface area contributed by atoms with Crippen LogP contribution in [-0.4, -0.2) is 76.6 Å². The molecule has 1 atom stereocenters. The van der Waals surface area contributed by atoms with Crippen LogP contribution in [0, 0.1) is 0 Å². The lowest BCUT2D eigenvalue weighted by molar-refractivity contribution is -0.141. The fourth-order valence-electron chi connectivity index (χ4n) is 3.89. The maximum absolute atomic E-state index is 11.4. The Labute approximate surface area is 207 Å². The van der Waals surface area contributed by atoms with Crippen LogP contribution in [-0.2, 0) is 22.6 Å². The maximum atomic E-state index is 11.4. The third-order valence-corrected chi connectivity index (χ3v) is 5.46. The van der Waals surface area contributed by atoms with Crippen molar-refractivity contribution in [3.05, 3.63) is 47.8 Å². The number of nitrogens with one attached hydrogen (secondary N) is 1. The highest BCUT2D eigenvalue weighted by Crippen LogP contribution is 2.25. The van der Waals surface area contributed by atoms with Gasteiger partial charge in [-0.15, -0.1) is 29.1 Å². The van der Waals surface area contributed by atoms with Gasteiger partial charge in [-0.2, -0.15) is 0 Å². The number of halogens is 1. The molecule has 176 valence electrons. The molecule has 0 spiro atoms. The topological polar surface area (TPSA) is 87.9 Å². The minimum absolute atomic E-state index is 0. The molecule has 2 heterocycles. The number of esters is 1. The highest BCUT2D eigenvalue weighted by Gasteiger charge is 2.25. The second-order valence-electron chi connectivity index (χ2n) is 7.51. The Bertz CT molecular complexity index is 851. The van der Waals surface area contributed by atoms with Crippen molar-refractivity contribution in [2.24, 2.45) is 4.99 Å². The fourth-order valence-corrected chi connectivity index (χ4v) is 3.89. The number of guanidine groups is 1. The lowest BCUT2D eigenvalue weighted by Gasteiger charge is -2.40. The molecule has 0 amide bonds. The molecule has 1 fully saturated rings. The highest BCUT2D eigenvalue weighted by molar-refractivity contribution is 14.0. The van der Waals surface area contributed by atoms with Crippen molar-refractivity contribution in [3.63, 3.8) is 0 Å². The van der Waals surface area contributed by atoms with E-state index in [-0.39, 0.29) is 36.5 Å². The van der Waals surface area contributed by atoms with Crippen LogP contribution in [0.15, 0.2) is 41.5 Å². The summed E-state index contributed by atoms with van der Waals surface area (Å²) in [5, 5.41) is 11.5. The number of aromatic nitrogens is 3. The van der Waals surface area contributed by atoms with E-state index in [1.165, 1.54) is 17.4 Å². The average Bonchev–Trinajstić information content (AvgIpc) is 3.25. The molecule has 2 aromatic rings. The van der Waals surface area contributed by atoms with Gasteiger partial charge in [-0.1, -0.05) is 42.5 Å². The minimum Gasteiger partial charge on any atom is -0.468 e. The van der Waals surface area contributed by atoms with Gasteiger partial charge < -0.3 is 15.0 Å². The van der Waals surface area contributed by atoms with Gasteiger partial charge in [0.2, 0.25) is 0 Å². The SMILES string of the molecule is CCNC(=NCc1cn(CC(=O)OC)nn1)N1CCN(C(CC)c2ccccc2)CC1.I. The zero-order valence-corrected chi connectivity index (χ0v) is 21.4. The predicted octanol–water partition coefficient (Wildman–Crippen LogP) is 2.30. The lowest BCUT2D eigenvalue weighted by atomic mass is 10.0. The molecule has 10 heteroatoms. The number of aliphatic imine (C=N–C) groups is 1. The van der Waals surface area contributed by atoms with E-state index in [0.717, 1.165) is 45.1 Å². The van der Waals surface area contributed by atoms with Crippen LogP contribution < -0.4 is 5.32 Å². The van der Waals surface area contributed by atoms with E-state index in [9.17, 15) is 4.79 Å². The Balaban J connectivity index is 0.00000363. The Morgan fingerprint density at radius 1 is 1.19 bits per heavy atom. The zero-order valence-electron chi connectivity index (χ0n) is 19.1. The first-order valence-electron chi connectivity index (χ1n) is 10.9. The number of nitrogens with zero attached hydrogens (tertiary/aromatic N) is 6. The van der Waals surface area contributed by atoms with Crippen LogP contribution >= 0.6 is 24.0 Å². The number of piperazine rings is 1. The normalized spacial score (nSPS) is 15.7. The molecule has 1 aromatic carbocycles. The summed E-state index contributed by atoms with van der Waals surface area (Å²) >= 11 is 0. The Hall–Kier alpha value is -2.21. The van der Waals surface area contributed by atoms with E-state index in [0.29, 0.717) is 18.3 Å². The van der Waals surface area contributed by atoms with Gasteiger partial charge in [0.25, 0.3) is 0 Å². The van der Waals surface area contributed by atoms with Crippen LogP contribution in [0.5, 0.6) is 0 Å². The lowest BCUT2D eigenvalue weighted by Crippen LogP contribution is -2.53. The molecule has 1 saturated heterocycles. The van der Waals surface area contributed by atoms with Crippen LogP contribution in [0.2, 0.25) is 0 Å². The van der Waals surface area contributed by atoms with E-state index < -0.39 is 0 Å². The van der Waals surface area contributed by atoms with Gasteiger partial charge in [0, 0.05) is 38.8 Å². The molecule has 0 bridgehead atoms. The summed E-state index contributed by atoms with van der Waals surface area (Å²) in [7, 11) is 1.36. The number of hydrogen-bond donors (Lipinski definition) is 1. The molecule has 1 aliphatic heterocycles. The molecule has 0 saturated carbocycles. The zero-order chi connectivity index (χ0) is 22.1. The number of ether oxygens (including phenoxy) is 1. The second-order valence-corrected chi connectivity index (χ2v) is 7.51. The third kappa shape index (κ3) is 7.16. The summed E-state index contributed by atoms with van der Waals surface area (Å²) in [4.78, 5) is 21.0. The average molecular weight is 555 g/mol. The van der Waals surface area contributed by atoms with Crippen LogP contribution in [0.25, 0.3) is 0 Å². The fraction of sp³-hybridized carbons (Fsp3) is 0.545. The first-order valence-corrected chi connectivity index (χ1v) is 10.9. The molecule has 9 nitrogen and oxygen atoms in total. The number of hydrogen-bond acceptors (Lipinski definition) is 6. The number of carbonyl (C=O) groups excluding carboxylic acids is 1. The molecular weight excluding hydrogens is 521 g/mol.